The fraction of sp³-hybridized carbons (Fsp3) is 0.833. The van der Waals surface area contributed by atoms with Gasteiger partial charge in [-0.25, -0.2) is 4.79 Å². The van der Waals surface area contributed by atoms with Crippen LogP contribution in [-0.2, 0) is 9.47 Å². The van der Waals surface area contributed by atoms with E-state index in [1.165, 1.54) is 0 Å². The molecular formula is C6H11ClO3. The van der Waals surface area contributed by atoms with Crippen LogP contribution in [0.4, 0.5) is 4.79 Å². The average Bonchev–Trinajstić information content (AvgIpc) is 1.85. The zero-order valence-corrected chi connectivity index (χ0v) is 6.85. The molecule has 4 heteroatoms. The van der Waals surface area contributed by atoms with Crippen LogP contribution in [-0.4, -0.2) is 24.7 Å². The largest absolute Gasteiger partial charge is 0.451 e. The third-order valence-corrected chi connectivity index (χ3v) is 0.992. The quantitative estimate of drug-likeness (QED) is 0.598. The van der Waals surface area contributed by atoms with Gasteiger partial charge in [0, 0.05) is 18.2 Å². The van der Waals surface area contributed by atoms with Crippen molar-refractivity contribution in [2.45, 2.75) is 20.0 Å². The van der Waals surface area contributed by atoms with Crippen LogP contribution >= 0.6 is 11.6 Å². The Morgan fingerprint density at radius 2 is 2.30 bits per heavy atom. The molecule has 0 saturated heterocycles. The first kappa shape index (κ1) is 9.72. The van der Waals surface area contributed by atoms with Crippen LogP contribution in [0.15, 0.2) is 0 Å². The van der Waals surface area contributed by atoms with Crippen LogP contribution in [0.1, 0.15) is 13.8 Å². The Kier molecular flexibility index (Phi) is 5.35. The lowest BCUT2D eigenvalue weighted by Gasteiger charge is -2.09. The molecule has 0 spiro atoms. The van der Waals surface area contributed by atoms with Gasteiger partial charge in [0.15, 0.2) is 0 Å². The third kappa shape index (κ3) is 5.85. The summed E-state index contributed by atoms with van der Waals surface area (Å²) in [7, 11) is 0. The Balaban J connectivity index is 3.21. The molecule has 0 amide bonds. The summed E-state index contributed by atoms with van der Waals surface area (Å²) in [6.07, 6.45) is -0.0762. The van der Waals surface area contributed by atoms with Gasteiger partial charge in [-0.3, -0.25) is 0 Å². The van der Waals surface area contributed by atoms with Gasteiger partial charge in [0.05, 0.1) is 6.10 Å². The van der Waals surface area contributed by atoms with Crippen molar-refractivity contribution in [2.24, 2.45) is 0 Å². The minimum Gasteiger partial charge on any atom is -0.451 e. The monoisotopic (exact) mass is 166 g/mol. The zero-order chi connectivity index (χ0) is 7.98. The smallest absolute Gasteiger partial charge is 0.403 e. The van der Waals surface area contributed by atoms with Gasteiger partial charge in [-0.1, -0.05) is 0 Å². The number of hydrogen-bond donors (Lipinski definition) is 0. The van der Waals surface area contributed by atoms with Gasteiger partial charge >= 0.3 is 5.43 Å². The first-order valence-electron chi connectivity index (χ1n) is 3.10. The number of ether oxygens (including phenoxy) is 2. The van der Waals surface area contributed by atoms with Crippen molar-refractivity contribution >= 4 is 17.0 Å². The molecule has 0 aromatic rings. The van der Waals surface area contributed by atoms with E-state index in [9.17, 15) is 4.79 Å². The van der Waals surface area contributed by atoms with E-state index in [-0.39, 0.29) is 12.7 Å². The fourth-order valence-electron chi connectivity index (χ4n) is 0.516. The predicted molar refractivity (Wildman–Crippen MR) is 38.3 cm³/mol. The molecule has 0 fully saturated rings. The number of carbonyl (C=O) groups is 1. The Morgan fingerprint density at radius 1 is 1.70 bits per heavy atom. The molecule has 0 aromatic heterocycles. The molecule has 0 aliphatic carbocycles. The minimum absolute atomic E-state index is 0.0762. The SMILES string of the molecule is CCOC(C)COC(=O)Cl. The van der Waals surface area contributed by atoms with E-state index in [0.29, 0.717) is 6.61 Å². The first-order chi connectivity index (χ1) is 4.66. The maximum absolute atomic E-state index is 10.0. The van der Waals surface area contributed by atoms with Crippen molar-refractivity contribution in [3.05, 3.63) is 0 Å². The topological polar surface area (TPSA) is 35.5 Å². The lowest BCUT2D eigenvalue weighted by molar-refractivity contribution is 0.0281. The second-order valence-electron chi connectivity index (χ2n) is 1.81. The summed E-state index contributed by atoms with van der Waals surface area (Å²) < 4.78 is 9.51. The molecule has 0 heterocycles. The second kappa shape index (κ2) is 5.50. The van der Waals surface area contributed by atoms with Crippen molar-refractivity contribution in [2.75, 3.05) is 13.2 Å². The summed E-state index contributed by atoms with van der Waals surface area (Å²) in [6, 6.07) is 0. The van der Waals surface area contributed by atoms with Gasteiger partial charge in [-0.2, -0.15) is 0 Å². The Labute approximate surface area is 65.3 Å². The molecule has 10 heavy (non-hydrogen) atoms. The predicted octanol–water partition coefficient (Wildman–Crippen LogP) is 1.79. The zero-order valence-electron chi connectivity index (χ0n) is 6.09. The van der Waals surface area contributed by atoms with E-state index in [2.05, 4.69) is 4.74 Å². The molecule has 1 unspecified atom stereocenters. The maximum Gasteiger partial charge on any atom is 0.403 e. The van der Waals surface area contributed by atoms with E-state index in [1.54, 1.807) is 0 Å². The van der Waals surface area contributed by atoms with Gasteiger partial charge in [-0.15, -0.1) is 0 Å². The summed E-state index contributed by atoms with van der Waals surface area (Å²) >= 11 is 4.91. The molecule has 1 atom stereocenters. The van der Waals surface area contributed by atoms with E-state index >= 15 is 0 Å². The molecule has 0 saturated carbocycles. The van der Waals surface area contributed by atoms with Crippen LogP contribution < -0.4 is 0 Å². The molecule has 0 radical (unpaired) electrons. The molecule has 0 bridgehead atoms. The summed E-state index contributed by atoms with van der Waals surface area (Å²) in [6.45, 7) is 4.51. The summed E-state index contributed by atoms with van der Waals surface area (Å²) in [5.74, 6) is 0. The van der Waals surface area contributed by atoms with Crippen LogP contribution in [0, 0.1) is 0 Å². The van der Waals surface area contributed by atoms with Crippen LogP contribution in [0.25, 0.3) is 0 Å². The van der Waals surface area contributed by atoms with Crippen LogP contribution in [0.3, 0.4) is 0 Å². The number of rotatable bonds is 4. The van der Waals surface area contributed by atoms with Crippen molar-refractivity contribution in [3.63, 3.8) is 0 Å². The average molecular weight is 167 g/mol. The van der Waals surface area contributed by atoms with Gasteiger partial charge < -0.3 is 9.47 Å². The lowest BCUT2D eigenvalue weighted by atomic mass is 10.4. The number of carbonyl (C=O) groups excluding carboxylic acids is 1. The van der Waals surface area contributed by atoms with Gasteiger partial charge in [-0.05, 0) is 13.8 Å². The van der Waals surface area contributed by atoms with Gasteiger partial charge in [0.1, 0.15) is 6.61 Å². The van der Waals surface area contributed by atoms with E-state index in [0.717, 1.165) is 0 Å². The molecule has 3 nitrogen and oxygen atoms in total. The van der Waals surface area contributed by atoms with E-state index < -0.39 is 5.43 Å². The highest BCUT2D eigenvalue weighted by Gasteiger charge is 2.02. The third-order valence-electron chi connectivity index (χ3n) is 0.883. The lowest BCUT2D eigenvalue weighted by Crippen LogP contribution is -2.16. The second-order valence-corrected chi connectivity index (χ2v) is 2.12. The summed E-state index contributed by atoms with van der Waals surface area (Å²) in [5, 5.41) is 0. The molecule has 60 valence electrons. The molecule has 0 N–H and O–H groups in total. The summed E-state index contributed by atoms with van der Waals surface area (Å²) in [4.78, 5) is 10.0. The standard InChI is InChI=1S/C6H11ClO3/c1-3-9-5(2)4-10-6(7)8/h5H,3-4H2,1-2H3. The Morgan fingerprint density at radius 3 is 2.70 bits per heavy atom. The van der Waals surface area contributed by atoms with Crippen LogP contribution in [0.5, 0.6) is 0 Å². The van der Waals surface area contributed by atoms with Gasteiger partial charge in [0.25, 0.3) is 0 Å². The first-order valence-corrected chi connectivity index (χ1v) is 3.48. The van der Waals surface area contributed by atoms with Crippen molar-refractivity contribution in [3.8, 4) is 0 Å². The van der Waals surface area contributed by atoms with E-state index in [4.69, 9.17) is 16.3 Å². The molecular weight excluding hydrogens is 156 g/mol. The number of halogens is 1. The highest BCUT2D eigenvalue weighted by atomic mass is 35.5. The minimum atomic E-state index is -0.786. The fourth-order valence-corrected chi connectivity index (χ4v) is 0.578. The number of hydrogen-bond acceptors (Lipinski definition) is 3. The van der Waals surface area contributed by atoms with E-state index in [1.807, 2.05) is 13.8 Å². The highest BCUT2D eigenvalue weighted by molar-refractivity contribution is 6.61. The van der Waals surface area contributed by atoms with Crippen molar-refractivity contribution < 1.29 is 14.3 Å². The van der Waals surface area contributed by atoms with Crippen molar-refractivity contribution in [1.82, 2.24) is 0 Å². The molecule has 0 aromatic carbocycles. The highest BCUT2D eigenvalue weighted by Crippen LogP contribution is 1.94. The molecule has 0 aliphatic rings. The Hall–Kier alpha value is -0.280. The van der Waals surface area contributed by atoms with Crippen molar-refractivity contribution in [1.29, 1.82) is 0 Å². The van der Waals surface area contributed by atoms with Crippen LogP contribution in [0.2, 0.25) is 0 Å². The molecule has 0 aliphatic heterocycles. The Bertz CT molecular complexity index is 105. The maximum atomic E-state index is 10.0. The van der Waals surface area contributed by atoms with Gasteiger partial charge in [0.2, 0.25) is 0 Å². The normalized spacial score (nSPS) is 12.7. The summed E-state index contributed by atoms with van der Waals surface area (Å²) in [5.41, 5.74) is -0.786. The molecule has 0 rings (SSSR count).